The number of carbonyl (C=O) groups excluding carboxylic acids is 2. The van der Waals surface area contributed by atoms with Crippen molar-refractivity contribution in [2.75, 3.05) is 13.7 Å². The average Bonchev–Trinajstić information content (AvgIpc) is 3.21. The van der Waals surface area contributed by atoms with Crippen LogP contribution in [-0.4, -0.2) is 30.1 Å². The molecule has 0 unspecified atom stereocenters. The molecule has 0 bridgehead atoms. The van der Waals surface area contributed by atoms with Crippen LogP contribution in [0.25, 0.3) is 10.9 Å². The Morgan fingerprint density at radius 1 is 1.00 bits per heavy atom. The van der Waals surface area contributed by atoms with E-state index < -0.39 is 5.91 Å². The zero-order chi connectivity index (χ0) is 24.1. The van der Waals surface area contributed by atoms with Gasteiger partial charge < -0.3 is 25.1 Å². The summed E-state index contributed by atoms with van der Waals surface area (Å²) in [7, 11) is 1.48. The summed E-state index contributed by atoms with van der Waals surface area (Å²) in [6.45, 7) is 0.189. The third-order valence-electron chi connectivity index (χ3n) is 5.38. The first-order valence-corrected chi connectivity index (χ1v) is 10.6. The topological polar surface area (TPSA) is 95.6 Å². The lowest BCUT2D eigenvalue weighted by Gasteiger charge is -2.13. The molecule has 3 N–H and O–H groups in total. The van der Waals surface area contributed by atoms with Crippen molar-refractivity contribution in [1.82, 2.24) is 9.88 Å². The van der Waals surface area contributed by atoms with Crippen LogP contribution in [0.4, 0.5) is 4.39 Å². The largest absolute Gasteiger partial charge is 0.493 e. The van der Waals surface area contributed by atoms with Gasteiger partial charge in [-0.3, -0.25) is 9.59 Å². The minimum absolute atomic E-state index is 0.225. The second kappa shape index (κ2) is 10.1. The number of ether oxygens (including phenoxy) is 2. The normalized spacial score (nSPS) is 10.8. The van der Waals surface area contributed by atoms with E-state index >= 15 is 0 Å². The summed E-state index contributed by atoms with van der Waals surface area (Å²) < 4.78 is 26.8. The van der Waals surface area contributed by atoms with Crippen LogP contribution in [0.2, 0.25) is 0 Å². The van der Waals surface area contributed by atoms with Crippen LogP contribution in [0.3, 0.4) is 0 Å². The number of primary amides is 1. The first-order valence-electron chi connectivity index (χ1n) is 10.6. The van der Waals surface area contributed by atoms with Crippen LogP contribution in [0.5, 0.6) is 11.5 Å². The highest BCUT2D eigenvalue weighted by atomic mass is 19.1. The summed E-state index contributed by atoms with van der Waals surface area (Å²) in [6.07, 6.45) is 0. The van der Waals surface area contributed by atoms with Crippen LogP contribution < -0.4 is 20.5 Å². The van der Waals surface area contributed by atoms with Crippen molar-refractivity contribution in [3.05, 3.63) is 95.4 Å². The molecular formula is C26H24FN3O4. The van der Waals surface area contributed by atoms with E-state index in [-0.39, 0.29) is 31.4 Å². The second-order valence-electron chi connectivity index (χ2n) is 7.69. The number of amides is 2. The highest BCUT2D eigenvalue weighted by Gasteiger charge is 2.17. The van der Waals surface area contributed by atoms with Gasteiger partial charge in [0, 0.05) is 23.0 Å². The maximum Gasteiger partial charge on any atom is 0.268 e. The molecule has 0 aliphatic rings. The van der Waals surface area contributed by atoms with Gasteiger partial charge in [0.25, 0.3) is 11.8 Å². The number of fused-ring (bicyclic) bond motifs is 1. The third-order valence-corrected chi connectivity index (χ3v) is 5.38. The summed E-state index contributed by atoms with van der Waals surface area (Å²) in [5.41, 5.74) is 7.66. The number of hydrogen-bond donors (Lipinski definition) is 2. The fourth-order valence-electron chi connectivity index (χ4n) is 3.73. The smallest absolute Gasteiger partial charge is 0.268 e. The lowest BCUT2D eigenvalue weighted by atomic mass is 10.2. The van der Waals surface area contributed by atoms with Gasteiger partial charge in [0.1, 0.15) is 11.5 Å². The predicted octanol–water partition coefficient (Wildman–Crippen LogP) is 3.63. The van der Waals surface area contributed by atoms with E-state index in [2.05, 4.69) is 5.32 Å². The minimum atomic E-state index is -0.593. The minimum Gasteiger partial charge on any atom is -0.493 e. The molecule has 34 heavy (non-hydrogen) atoms. The molecule has 8 heteroatoms. The van der Waals surface area contributed by atoms with Gasteiger partial charge in [-0.15, -0.1) is 0 Å². The maximum absolute atomic E-state index is 14.3. The fraction of sp³-hybridized carbons (Fsp3) is 0.154. The highest BCUT2D eigenvalue weighted by molar-refractivity contribution is 5.98. The van der Waals surface area contributed by atoms with Crippen molar-refractivity contribution in [3.63, 3.8) is 0 Å². The van der Waals surface area contributed by atoms with E-state index in [4.69, 9.17) is 15.2 Å². The summed E-state index contributed by atoms with van der Waals surface area (Å²) in [5.74, 6) is -0.412. The molecule has 0 aliphatic carbocycles. The number of hydrogen-bond acceptors (Lipinski definition) is 4. The van der Waals surface area contributed by atoms with Crippen molar-refractivity contribution in [3.8, 4) is 11.5 Å². The number of para-hydroxylation sites is 1. The molecule has 0 saturated carbocycles. The Kier molecular flexibility index (Phi) is 6.77. The zero-order valence-corrected chi connectivity index (χ0v) is 18.6. The van der Waals surface area contributed by atoms with E-state index in [1.807, 2.05) is 28.8 Å². The van der Waals surface area contributed by atoms with E-state index in [9.17, 15) is 14.0 Å². The highest BCUT2D eigenvalue weighted by Crippen LogP contribution is 2.28. The van der Waals surface area contributed by atoms with Crippen molar-refractivity contribution < 1.29 is 23.5 Å². The number of carbonyl (C=O) groups is 2. The number of nitrogens with zero attached hydrogens (tertiary/aromatic N) is 1. The second-order valence-corrected chi connectivity index (χ2v) is 7.69. The number of rotatable bonds is 9. The molecule has 2 amide bonds. The van der Waals surface area contributed by atoms with Crippen LogP contribution in [0.15, 0.2) is 72.8 Å². The molecule has 0 aliphatic heterocycles. The van der Waals surface area contributed by atoms with Crippen LogP contribution in [0, 0.1) is 5.82 Å². The Labute approximate surface area is 195 Å². The summed E-state index contributed by atoms with van der Waals surface area (Å²) in [6, 6.07) is 21.0. The Balaban J connectivity index is 1.55. The van der Waals surface area contributed by atoms with Crippen molar-refractivity contribution in [2.24, 2.45) is 5.73 Å². The Morgan fingerprint density at radius 2 is 1.76 bits per heavy atom. The fourth-order valence-corrected chi connectivity index (χ4v) is 3.73. The molecule has 4 aromatic rings. The standard InChI is InChI=1S/C26H24FN3O4/c1-33-24-12-17(10-11-23(24)34-16-25(28)31)14-29-26(32)22-13-18-6-3-5-9-21(18)30(22)15-19-7-2-4-8-20(19)27/h2-13H,14-16H2,1H3,(H2,28,31)(H,29,32). The molecule has 0 fully saturated rings. The van der Waals surface area contributed by atoms with Crippen molar-refractivity contribution in [2.45, 2.75) is 13.1 Å². The molecule has 1 aromatic heterocycles. The maximum atomic E-state index is 14.3. The monoisotopic (exact) mass is 461 g/mol. The molecule has 0 atom stereocenters. The number of aromatic nitrogens is 1. The van der Waals surface area contributed by atoms with Gasteiger partial charge in [0.05, 0.1) is 13.7 Å². The Bertz CT molecular complexity index is 1350. The van der Waals surface area contributed by atoms with Gasteiger partial charge in [-0.1, -0.05) is 42.5 Å². The molecule has 3 aromatic carbocycles. The predicted molar refractivity (Wildman–Crippen MR) is 126 cm³/mol. The van der Waals surface area contributed by atoms with Gasteiger partial charge in [-0.05, 0) is 35.9 Å². The number of halogens is 1. The van der Waals surface area contributed by atoms with Gasteiger partial charge >= 0.3 is 0 Å². The van der Waals surface area contributed by atoms with E-state index in [0.29, 0.717) is 22.8 Å². The number of methoxy groups -OCH3 is 1. The average molecular weight is 461 g/mol. The molecule has 7 nitrogen and oxygen atoms in total. The Hall–Kier alpha value is -4.33. The number of nitrogens with one attached hydrogen (secondary N) is 1. The molecular weight excluding hydrogens is 437 g/mol. The first-order chi connectivity index (χ1) is 16.5. The number of benzene rings is 3. The number of nitrogens with two attached hydrogens (primary N) is 1. The molecule has 174 valence electrons. The van der Waals surface area contributed by atoms with Gasteiger partial charge in [-0.2, -0.15) is 0 Å². The van der Waals surface area contributed by atoms with Crippen LogP contribution in [-0.2, 0) is 17.9 Å². The summed E-state index contributed by atoms with van der Waals surface area (Å²) >= 11 is 0. The molecule has 0 spiro atoms. The Morgan fingerprint density at radius 3 is 2.53 bits per heavy atom. The van der Waals surface area contributed by atoms with E-state index in [1.165, 1.54) is 13.2 Å². The third kappa shape index (κ3) is 5.01. The SMILES string of the molecule is COc1cc(CNC(=O)c2cc3ccccc3n2Cc2ccccc2F)ccc1OCC(N)=O. The lowest BCUT2D eigenvalue weighted by molar-refractivity contribution is -0.119. The zero-order valence-electron chi connectivity index (χ0n) is 18.6. The van der Waals surface area contributed by atoms with Gasteiger partial charge in [0.15, 0.2) is 18.1 Å². The van der Waals surface area contributed by atoms with Crippen LogP contribution >= 0.6 is 0 Å². The molecule has 0 radical (unpaired) electrons. The van der Waals surface area contributed by atoms with Gasteiger partial charge in [0.2, 0.25) is 0 Å². The van der Waals surface area contributed by atoms with E-state index in [1.54, 1.807) is 42.5 Å². The molecule has 0 saturated heterocycles. The first kappa shape index (κ1) is 22.8. The van der Waals surface area contributed by atoms with Gasteiger partial charge in [-0.25, -0.2) is 4.39 Å². The molecule has 1 heterocycles. The van der Waals surface area contributed by atoms with Crippen molar-refractivity contribution in [1.29, 1.82) is 0 Å². The lowest BCUT2D eigenvalue weighted by Crippen LogP contribution is -2.25. The quantitative estimate of drug-likeness (QED) is 0.398. The summed E-state index contributed by atoms with van der Waals surface area (Å²) in [5, 5.41) is 3.80. The van der Waals surface area contributed by atoms with E-state index in [0.717, 1.165) is 16.5 Å². The molecule has 4 rings (SSSR count). The van der Waals surface area contributed by atoms with Crippen LogP contribution in [0.1, 0.15) is 21.6 Å². The summed E-state index contributed by atoms with van der Waals surface area (Å²) in [4.78, 5) is 24.1. The van der Waals surface area contributed by atoms with Crippen molar-refractivity contribution >= 4 is 22.7 Å².